The number of rotatable bonds is 4. The van der Waals surface area contributed by atoms with Crippen molar-refractivity contribution < 1.29 is 9.53 Å². The summed E-state index contributed by atoms with van der Waals surface area (Å²) >= 11 is 12.2. The predicted octanol–water partition coefficient (Wildman–Crippen LogP) is 5.56. The summed E-state index contributed by atoms with van der Waals surface area (Å²) in [5, 5.41) is 9.15. The van der Waals surface area contributed by atoms with Crippen molar-refractivity contribution in [3.05, 3.63) is 40.4 Å². The number of hydrogen-bond donors (Lipinski definition) is 3. The SMILES string of the molecule is CC(C)(C)OC(=O)NCCNc1ccc2[nH]c3cc(Cl)c(Cl)cc3c2c1. The van der Waals surface area contributed by atoms with E-state index in [1.165, 1.54) is 0 Å². The lowest BCUT2D eigenvalue weighted by atomic mass is 10.1. The van der Waals surface area contributed by atoms with Gasteiger partial charge in [0.05, 0.1) is 10.0 Å². The van der Waals surface area contributed by atoms with Crippen LogP contribution in [0.3, 0.4) is 0 Å². The molecule has 3 aromatic rings. The van der Waals surface area contributed by atoms with Gasteiger partial charge in [-0.25, -0.2) is 4.79 Å². The van der Waals surface area contributed by atoms with Crippen molar-refractivity contribution in [2.24, 2.45) is 0 Å². The molecule has 0 radical (unpaired) electrons. The molecule has 0 bridgehead atoms. The first-order valence-corrected chi connectivity index (χ1v) is 9.10. The highest BCUT2D eigenvalue weighted by Crippen LogP contribution is 2.33. The second-order valence-corrected chi connectivity index (χ2v) is 7.87. The van der Waals surface area contributed by atoms with E-state index < -0.39 is 11.7 Å². The average Bonchev–Trinajstić information content (AvgIpc) is 2.87. The lowest BCUT2D eigenvalue weighted by Crippen LogP contribution is -2.34. The van der Waals surface area contributed by atoms with Gasteiger partial charge in [0.1, 0.15) is 5.60 Å². The highest BCUT2D eigenvalue weighted by molar-refractivity contribution is 6.43. The summed E-state index contributed by atoms with van der Waals surface area (Å²) in [6, 6.07) is 9.73. The van der Waals surface area contributed by atoms with Crippen LogP contribution >= 0.6 is 23.2 Å². The van der Waals surface area contributed by atoms with Crippen LogP contribution in [-0.4, -0.2) is 29.8 Å². The summed E-state index contributed by atoms with van der Waals surface area (Å²) in [5.74, 6) is 0. The molecule has 0 fully saturated rings. The van der Waals surface area contributed by atoms with Crippen LogP contribution in [0, 0.1) is 0 Å². The van der Waals surface area contributed by atoms with Crippen LogP contribution in [0.15, 0.2) is 30.3 Å². The summed E-state index contributed by atoms with van der Waals surface area (Å²) in [7, 11) is 0. The summed E-state index contributed by atoms with van der Waals surface area (Å²) in [6.07, 6.45) is -0.419. The van der Waals surface area contributed by atoms with Crippen molar-refractivity contribution in [3.8, 4) is 0 Å². The van der Waals surface area contributed by atoms with Gasteiger partial charge in [0.25, 0.3) is 0 Å². The topological polar surface area (TPSA) is 66.2 Å². The third-order valence-corrected chi connectivity index (χ3v) is 4.48. The van der Waals surface area contributed by atoms with E-state index in [0.29, 0.717) is 23.1 Å². The van der Waals surface area contributed by atoms with Crippen molar-refractivity contribution in [1.82, 2.24) is 10.3 Å². The average molecular weight is 394 g/mol. The van der Waals surface area contributed by atoms with E-state index in [0.717, 1.165) is 27.5 Å². The molecule has 0 saturated carbocycles. The van der Waals surface area contributed by atoms with E-state index in [2.05, 4.69) is 15.6 Å². The van der Waals surface area contributed by atoms with Gasteiger partial charge in [-0.05, 0) is 51.1 Å². The number of alkyl carbamates (subject to hydrolysis) is 1. The minimum Gasteiger partial charge on any atom is -0.444 e. The molecule has 7 heteroatoms. The molecule has 138 valence electrons. The number of halogens is 2. The maximum atomic E-state index is 11.6. The molecule has 1 heterocycles. The van der Waals surface area contributed by atoms with Gasteiger partial charge in [-0.2, -0.15) is 0 Å². The Balaban J connectivity index is 1.67. The van der Waals surface area contributed by atoms with E-state index in [-0.39, 0.29) is 0 Å². The summed E-state index contributed by atoms with van der Waals surface area (Å²) in [5.41, 5.74) is 2.41. The molecular weight excluding hydrogens is 373 g/mol. The predicted molar refractivity (Wildman–Crippen MR) is 109 cm³/mol. The second-order valence-electron chi connectivity index (χ2n) is 7.05. The van der Waals surface area contributed by atoms with Crippen molar-refractivity contribution in [3.63, 3.8) is 0 Å². The maximum absolute atomic E-state index is 11.6. The van der Waals surface area contributed by atoms with Gasteiger partial charge in [0.15, 0.2) is 0 Å². The Morgan fingerprint density at radius 1 is 1.04 bits per heavy atom. The van der Waals surface area contributed by atoms with Gasteiger partial charge >= 0.3 is 6.09 Å². The Hall–Kier alpha value is -2.11. The second kappa shape index (κ2) is 7.25. The van der Waals surface area contributed by atoms with Gasteiger partial charge in [-0.15, -0.1) is 0 Å². The third kappa shape index (κ3) is 4.34. The van der Waals surface area contributed by atoms with Gasteiger partial charge in [-0.1, -0.05) is 23.2 Å². The van der Waals surface area contributed by atoms with Crippen LogP contribution in [0.2, 0.25) is 10.0 Å². The molecule has 0 aliphatic rings. The van der Waals surface area contributed by atoms with Crippen LogP contribution in [0.1, 0.15) is 20.8 Å². The number of H-pyrrole nitrogens is 1. The standard InChI is InChI=1S/C19H21Cl2N3O2/c1-19(2,3)26-18(25)23-7-6-22-11-4-5-16-12(8-11)13-9-14(20)15(21)10-17(13)24-16/h4-5,8-10,22,24H,6-7H2,1-3H3,(H,23,25). The van der Waals surface area contributed by atoms with E-state index in [1.54, 1.807) is 0 Å². The van der Waals surface area contributed by atoms with E-state index in [4.69, 9.17) is 27.9 Å². The lowest BCUT2D eigenvalue weighted by molar-refractivity contribution is 0.0530. The Morgan fingerprint density at radius 3 is 2.46 bits per heavy atom. The largest absolute Gasteiger partial charge is 0.444 e. The number of carbonyl (C=O) groups excluding carboxylic acids is 1. The number of amides is 1. The zero-order chi connectivity index (χ0) is 18.9. The molecule has 1 aromatic heterocycles. The quantitative estimate of drug-likeness (QED) is 0.507. The molecular formula is C19H21Cl2N3O2. The number of ether oxygens (including phenoxy) is 1. The molecule has 0 aliphatic heterocycles. The molecule has 0 saturated heterocycles. The molecule has 0 aliphatic carbocycles. The van der Waals surface area contributed by atoms with Gasteiger partial charge in [-0.3, -0.25) is 0 Å². The molecule has 0 unspecified atom stereocenters. The Morgan fingerprint density at radius 2 is 1.73 bits per heavy atom. The van der Waals surface area contributed by atoms with Crippen LogP contribution < -0.4 is 10.6 Å². The van der Waals surface area contributed by atoms with E-state index in [9.17, 15) is 4.79 Å². The zero-order valence-corrected chi connectivity index (χ0v) is 16.4. The fraction of sp³-hybridized carbons (Fsp3) is 0.316. The molecule has 26 heavy (non-hydrogen) atoms. The first-order chi connectivity index (χ1) is 12.2. The van der Waals surface area contributed by atoms with Crippen molar-refractivity contribution in [2.75, 3.05) is 18.4 Å². The number of benzene rings is 2. The van der Waals surface area contributed by atoms with Crippen LogP contribution in [0.5, 0.6) is 0 Å². The summed E-state index contributed by atoms with van der Waals surface area (Å²) in [4.78, 5) is 15.0. The van der Waals surface area contributed by atoms with Gasteiger partial charge in [0.2, 0.25) is 0 Å². The number of aromatic amines is 1. The smallest absolute Gasteiger partial charge is 0.407 e. The monoisotopic (exact) mass is 393 g/mol. The maximum Gasteiger partial charge on any atom is 0.407 e. The molecule has 3 N–H and O–H groups in total. The molecule has 0 spiro atoms. The van der Waals surface area contributed by atoms with Gasteiger partial charge in [0, 0.05) is 40.6 Å². The molecule has 5 nitrogen and oxygen atoms in total. The number of anilines is 1. The third-order valence-electron chi connectivity index (χ3n) is 3.76. The fourth-order valence-electron chi connectivity index (χ4n) is 2.69. The van der Waals surface area contributed by atoms with Gasteiger partial charge < -0.3 is 20.4 Å². The fourth-order valence-corrected chi connectivity index (χ4v) is 3.02. The first-order valence-electron chi connectivity index (χ1n) is 8.34. The number of aromatic nitrogens is 1. The zero-order valence-electron chi connectivity index (χ0n) is 14.9. The molecule has 0 atom stereocenters. The Bertz CT molecular complexity index is 961. The van der Waals surface area contributed by atoms with E-state index in [1.807, 2.05) is 51.1 Å². The van der Waals surface area contributed by atoms with Crippen LogP contribution in [0.4, 0.5) is 10.5 Å². The van der Waals surface area contributed by atoms with Crippen molar-refractivity contribution >= 4 is 56.8 Å². The molecule has 1 amide bonds. The first kappa shape index (κ1) is 18.7. The molecule has 2 aromatic carbocycles. The summed E-state index contributed by atoms with van der Waals surface area (Å²) in [6.45, 7) is 6.55. The Labute approximate surface area is 162 Å². The van der Waals surface area contributed by atoms with Crippen LogP contribution in [-0.2, 0) is 4.74 Å². The van der Waals surface area contributed by atoms with Crippen LogP contribution in [0.25, 0.3) is 21.8 Å². The van der Waals surface area contributed by atoms with E-state index >= 15 is 0 Å². The summed E-state index contributed by atoms with van der Waals surface area (Å²) < 4.78 is 5.20. The minimum absolute atomic E-state index is 0.419. The molecule has 3 rings (SSSR count). The number of hydrogen-bond acceptors (Lipinski definition) is 3. The minimum atomic E-state index is -0.498. The van der Waals surface area contributed by atoms with Crippen molar-refractivity contribution in [2.45, 2.75) is 26.4 Å². The number of carbonyl (C=O) groups is 1. The number of fused-ring (bicyclic) bond motifs is 3. The van der Waals surface area contributed by atoms with Crippen molar-refractivity contribution in [1.29, 1.82) is 0 Å². The lowest BCUT2D eigenvalue weighted by Gasteiger charge is -2.19. The number of nitrogens with one attached hydrogen (secondary N) is 3. The highest BCUT2D eigenvalue weighted by atomic mass is 35.5. The Kier molecular flexibility index (Phi) is 5.21. The normalized spacial score (nSPS) is 11.7. The highest BCUT2D eigenvalue weighted by Gasteiger charge is 2.15.